The molecule has 0 saturated heterocycles. The summed E-state index contributed by atoms with van der Waals surface area (Å²) in [6, 6.07) is 11.1. The third-order valence-corrected chi connectivity index (χ3v) is 9.53. The number of halogens is 1. The van der Waals surface area contributed by atoms with E-state index in [2.05, 4.69) is 35.8 Å². The number of hydrogen-bond donors (Lipinski definition) is 2. The summed E-state index contributed by atoms with van der Waals surface area (Å²) in [5, 5.41) is 19.2. The Balaban J connectivity index is 1.25. The van der Waals surface area contributed by atoms with Crippen LogP contribution in [-0.2, 0) is 22.4 Å². The molecule has 0 saturated carbocycles. The Labute approximate surface area is 229 Å². The van der Waals surface area contributed by atoms with Crippen molar-refractivity contribution in [1.82, 2.24) is 18.1 Å². The Bertz CT molecular complexity index is 1160. The van der Waals surface area contributed by atoms with Gasteiger partial charge >= 0.3 is 230 Å². The average Bonchev–Trinajstić information content (AvgIpc) is 2.93. The molecule has 0 unspecified atom stereocenters. The summed E-state index contributed by atoms with van der Waals surface area (Å²) in [7, 11) is 1.70. The van der Waals surface area contributed by atoms with Crippen LogP contribution in [0.2, 0.25) is 0 Å². The van der Waals surface area contributed by atoms with Crippen LogP contribution in [-0.4, -0.2) is 67.9 Å². The number of fused-ring (bicyclic) bond motifs is 2. The molecule has 200 valence electrons. The molecule has 0 aliphatic carbocycles. The molecule has 1 aliphatic heterocycles. The van der Waals surface area contributed by atoms with Crippen LogP contribution in [0.25, 0.3) is 10.9 Å². The van der Waals surface area contributed by atoms with Gasteiger partial charge in [-0.1, -0.05) is 0 Å². The number of anilines is 2. The molecule has 10 heteroatoms. The van der Waals surface area contributed by atoms with Crippen molar-refractivity contribution in [2.45, 2.75) is 44.6 Å². The topological polar surface area (TPSA) is 115 Å². The van der Waals surface area contributed by atoms with E-state index in [1.165, 1.54) is 18.3 Å². The summed E-state index contributed by atoms with van der Waals surface area (Å²) in [4.78, 5) is 25.3. The van der Waals surface area contributed by atoms with Gasteiger partial charge in [-0.3, -0.25) is 0 Å². The molecule has 1 atom stereocenters. The summed E-state index contributed by atoms with van der Waals surface area (Å²) in [5.74, 6) is 0.455. The van der Waals surface area contributed by atoms with Gasteiger partial charge < -0.3 is 0 Å². The van der Waals surface area contributed by atoms with E-state index in [1.54, 1.807) is 7.11 Å². The van der Waals surface area contributed by atoms with Gasteiger partial charge in [0.25, 0.3) is 0 Å². The number of unbranched alkanes of at least 4 members (excludes halogenated alkanes) is 1. The van der Waals surface area contributed by atoms with E-state index in [0.717, 1.165) is 65.6 Å². The van der Waals surface area contributed by atoms with Crippen LogP contribution in [0.15, 0.2) is 42.7 Å². The molecule has 4 rings (SSSR count). The first-order valence-corrected chi connectivity index (χ1v) is 15.4. The zero-order chi connectivity index (χ0) is 25.9. The summed E-state index contributed by atoms with van der Waals surface area (Å²) in [6.07, 6.45) is 7.39. The molecule has 0 fully saturated rings. The number of carbonyl (C=O) groups excluding carboxylic acids is 1. The molecule has 2 N–H and O–H groups in total. The van der Waals surface area contributed by atoms with Gasteiger partial charge in [0.2, 0.25) is 0 Å². The third kappa shape index (κ3) is 8.21. The van der Waals surface area contributed by atoms with E-state index in [9.17, 15) is 9.90 Å². The molecule has 1 aromatic carbocycles. The number of aryl methyl sites for hydroxylation is 2. The van der Waals surface area contributed by atoms with Crippen molar-refractivity contribution >= 4 is 28.5 Å². The molecule has 1 aliphatic rings. The minimum absolute atomic E-state index is 0.232. The van der Waals surface area contributed by atoms with Gasteiger partial charge in [0.1, 0.15) is 0 Å². The number of benzene rings is 1. The van der Waals surface area contributed by atoms with Gasteiger partial charge in [0.15, 0.2) is 0 Å². The molecular weight excluding hydrogens is 583 g/mol. The number of aromatic nitrogens is 3. The van der Waals surface area contributed by atoms with Crippen LogP contribution in [0.1, 0.15) is 36.9 Å². The van der Waals surface area contributed by atoms with E-state index >= 15 is 0 Å². The monoisotopic (exact) mass is 618 g/mol. The van der Waals surface area contributed by atoms with Crippen molar-refractivity contribution in [3.05, 3.63) is 54.0 Å². The standard InChI is InChI=1S/C27H36IN6O3/c1-37-18-17-34(28-14-5-4-8-21-12-11-20-7-6-15-29-25(20)32-21)16-13-24(27(35)36)33-26-22-9-2-3-10-23(22)30-19-31-26/h2-3,9-12,19,24H,4-8,13-18H2,1H3,(H,29,32)(H,35,36)(H,30,31,33)/q-1/p-1/t24-/m0/s1. The Morgan fingerprint density at radius 3 is 2.97 bits per heavy atom. The zero-order valence-corrected chi connectivity index (χ0v) is 23.4. The summed E-state index contributed by atoms with van der Waals surface area (Å²) >= 11 is -0.232. The van der Waals surface area contributed by atoms with E-state index < -0.39 is 12.0 Å². The van der Waals surface area contributed by atoms with Gasteiger partial charge in [-0.2, -0.15) is 0 Å². The van der Waals surface area contributed by atoms with E-state index in [0.29, 0.717) is 25.4 Å². The number of nitrogens with zero attached hydrogens (tertiary/aromatic N) is 4. The van der Waals surface area contributed by atoms with E-state index in [-0.39, 0.29) is 21.5 Å². The van der Waals surface area contributed by atoms with Crippen LogP contribution in [0.5, 0.6) is 0 Å². The van der Waals surface area contributed by atoms with Crippen molar-refractivity contribution in [2.75, 3.05) is 48.4 Å². The van der Waals surface area contributed by atoms with Crippen molar-refractivity contribution in [3.8, 4) is 0 Å². The number of para-hydroxylation sites is 1. The molecule has 9 nitrogen and oxygen atoms in total. The Morgan fingerprint density at radius 1 is 1.22 bits per heavy atom. The van der Waals surface area contributed by atoms with E-state index in [4.69, 9.17) is 9.72 Å². The Morgan fingerprint density at radius 2 is 2.11 bits per heavy atom. The SMILES string of the molecule is COCCN(CC[C@H](Nc1ncnc2ccccc12)C(=O)[O-])[I-]CCCCc1ccc2c(n1)NCCC2. The molecule has 0 spiro atoms. The van der Waals surface area contributed by atoms with Gasteiger partial charge in [-0.05, 0) is 0 Å². The second-order valence-electron chi connectivity index (χ2n) is 9.05. The molecule has 0 amide bonds. The predicted octanol–water partition coefficient (Wildman–Crippen LogP) is -0.721. The maximum absolute atomic E-state index is 11.9. The summed E-state index contributed by atoms with van der Waals surface area (Å²) < 4.78 is 8.82. The number of alkyl halides is 1. The molecule has 37 heavy (non-hydrogen) atoms. The summed E-state index contributed by atoms with van der Waals surface area (Å²) in [5.41, 5.74) is 3.25. The third-order valence-electron chi connectivity index (χ3n) is 6.36. The average molecular weight is 619 g/mol. The predicted molar refractivity (Wildman–Crippen MR) is 139 cm³/mol. The number of rotatable bonds is 15. The van der Waals surface area contributed by atoms with E-state index in [1.807, 2.05) is 24.3 Å². The molecule has 3 aromatic rings. The number of carbonyl (C=O) groups is 1. The fourth-order valence-electron chi connectivity index (χ4n) is 4.31. The number of pyridine rings is 1. The number of methoxy groups -OCH3 is 1. The van der Waals surface area contributed by atoms with Gasteiger partial charge in [-0.25, -0.2) is 0 Å². The number of hydrogen-bond acceptors (Lipinski definition) is 9. The fraction of sp³-hybridized carbons (Fsp3) is 0.481. The maximum atomic E-state index is 11.9. The number of aliphatic carboxylic acids is 1. The van der Waals surface area contributed by atoms with Crippen molar-refractivity contribution in [1.29, 1.82) is 0 Å². The first-order chi connectivity index (χ1) is 18.1. The fourth-order valence-corrected chi connectivity index (χ4v) is 7.03. The van der Waals surface area contributed by atoms with Gasteiger partial charge in [0.05, 0.1) is 0 Å². The van der Waals surface area contributed by atoms with Crippen LogP contribution < -0.4 is 37.2 Å². The molecule has 0 radical (unpaired) electrons. The first-order valence-electron chi connectivity index (χ1n) is 12.9. The van der Waals surface area contributed by atoms with Crippen molar-refractivity contribution in [3.63, 3.8) is 0 Å². The van der Waals surface area contributed by atoms with Crippen LogP contribution >= 0.6 is 0 Å². The molecule has 3 heterocycles. The first kappa shape index (κ1) is 27.5. The second kappa shape index (κ2) is 14.4. The van der Waals surface area contributed by atoms with Crippen LogP contribution in [0.3, 0.4) is 0 Å². The molecule has 0 bridgehead atoms. The normalized spacial score (nSPS) is 13.9. The quantitative estimate of drug-likeness (QED) is 0.0986. The number of carboxylic acids is 1. The Hall–Kier alpha value is -2.57. The second-order valence-corrected chi connectivity index (χ2v) is 12.2. The number of nitrogens with one attached hydrogen (secondary N) is 2. The van der Waals surface area contributed by atoms with Crippen molar-refractivity contribution in [2.24, 2.45) is 0 Å². The van der Waals surface area contributed by atoms with Gasteiger partial charge in [-0.15, -0.1) is 0 Å². The zero-order valence-electron chi connectivity index (χ0n) is 21.3. The Kier molecular flexibility index (Phi) is 10.7. The van der Waals surface area contributed by atoms with Gasteiger partial charge in [0, 0.05) is 0 Å². The number of carboxylic acid groups (broad SMARTS) is 1. The number of ether oxygens (including phenoxy) is 1. The van der Waals surface area contributed by atoms with Crippen LogP contribution in [0, 0.1) is 0 Å². The van der Waals surface area contributed by atoms with Crippen LogP contribution in [0.4, 0.5) is 11.6 Å². The minimum atomic E-state index is -1.13. The van der Waals surface area contributed by atoms with Crippen molar-refractivity contribution < 1.29 is 36.1 Å². The summed E-state index contributed by atoms with van der Waals surface area (Å²) in [6.45, 7) is 3.11. The molecule has 2 aromatic heterocycles. The molecular formula is C27H35IN6O3-2.